The van der Waals surface area contributed by atoms with Gasteiger partial charge in [0.15, 0.2) is 5.96 Å². The van der Waals surface area contributed by atoms with E-state index in [2.05, 4.69) is 42.9 Å². The van der Waals surface area contributed by atoms with E-state index >= 15 is 0 Å². The second-order valence-corrected chi connectivity index (χ2v) is 6.01. The van der Waals surface area contributed by atoms with E-state index in [0.717, 1.165) is 43.3 Å². The van der Waals surface area contributed by atoms with E-state index < -0.39 is 0 Å². The summed E-state index contributed by atoms with van der Waals surface area (Å²) in [6.07, 6.45) is 2.55. The number of likely N-dealkylation sites (tertiary alicyclic amines) is 1. The third-order valence-corrected chi connectivity index (χ3v) is 3.38. The Balaban J connectivity index is 2.44. The summed E-state index contributed by atoms with van der Waals surface area (Å²) in [6.45, 7) is 12.5. The minimum Gasteiger partial charge on any atom is -0.356 e. The maximum Gasteiger partial charge on any atom is 0.193 e. The van der Waals surface area contributed by atoms with Crippen LogP contribution in [0.2, 0.25) is 0 Å². The molecule has 1 fully saturated rings. The van der Waals surface area contributed by atoms with Crippen molar-refractivity contribution < 1.29 is 0 Å². The molecule has 0 saturated carbocycles. The second-order valence-electron chi connectivity index (χ2n) is 6.01. The summed E-state index contributed by atoms with van der Waals surface area (Å²) in [5, 5.41) is 3.49. The standard InChI is InChI=1S/C14H29N3/c1-11(2)6-7-16-14(15-5)17-9-12(3)8-13(4)10-17/h11-13H,6-10H2,1-5H3,(H,15,16). The summed E-state index contributed by atoms with van der Waals surface area (Å²) in [4.78, 5) is 6.82. The van der Waals surface area contributed by atoms with Gasteiger partial charge in [0.05, 0.1) is 0 Å². The molecule has 0 aliphatic carbocycles. The number of aliphatic imine (C=N–C) groups is 1. The van der Waals surface area contributed by atoms with Gasteiger partial charge in [-0.05, 0) is 30.6 Å². The van der Waals surface area contributed by atoms with E-state index in [-0.39, 0.29) is 0 Å². The van der Waals surface area contributed by atoms with Crippen LogP contribution in [0.3, 0.4) is 0 Å². The smallest absolute Gasteiger partial charge is 0.193 e. The summed E-state index contributed by atoms with van der Waals surface area (Å²) in [7, 11) is 1.89. The summed E-state index contributed by atoms with van der Waals surface area (Å²) < 4.78 is 0. The molecule has 1 heterocycles. The van der Waals surface area contributed by atoms with Gasteiger partial charge in [-0.1, -0.05) is 27.7 Å². The lowest BCUT2D eigenvalue weighted by Crippen LogP contribution is -2.48. The Bertz CT molecular complexity index is 238. The quantitative estimate of drug-likeness (QED) is 0.605. The van der Waals surface area contributed by atoms with Crippen LogP contribution < -0.4 is 5.32 Å². The maximum atomic E-state index is 4.41. The molecule has 0 amide bonds. The zero-order valence-electron chi connectivity index (χ0n) is 12.2. The van der Waals surface area contributed by atoms with Crippen molar-refractivity contribution in [2.24, 2.45) is 22.7 Å². The molecule has 1 saturated heterocycles. The molecule has 0 aromatic carbocycles. The average molecular weight is 239 g/mol. The molecule has 0 radical (unpaired) electrons. The molecule has 17 heavy (non-hydrogen) atoms. The highest BCUT2D eigenvalue weighted by molar-refractivity contribution is 5.79. The van der Waals surface area contributed by atoms with Crippen LogP contribution in [-0.2, 0) is 0 Å². The van der Waals surface area contributed by atoms with Crippen molar-refractivity contribution >= 4 is 5.96 Å². The molecule has 0 aromatic heterocycles. The molecule has 3 nitrogen and oxygen atoms in total. The Labute approximate surface area is 107 Å². The molecule has 1 N–H and O–H groups in total. The minimum absolute atomic E-state index is 0.750. The molecule has 100 valence electrons. The Morgan fingerprint density at radius 2 is 1.88 bits per heavy atom. The van der Waals surface area contributed by atoms with E-state index in [0.29, 0.717) is 0 Å². The number of hydrogen-bond acceptors (Lipinski definition) is 1. The first kappa shape index (κ1) is 14.3. The van der Waals surface area contributed by atoms with Crippen molar-refractivity contribution in [3.8, 4) is 0 Å². The zero-order valence-corrected chi connectivity index (χ0v) is 12.2. The predicted molar refractivity (Wildman–Crippen MR) is 75.3 cm³/mol. The predicted octanol–water partition coefficient (Wildman–Crippen LogP) is 2.59. The number of guanidine groups is 1. The lowest BCUT2D eigenvalue weighted by Gasteiger charge is -2.37. The highest BCUT2D eigenvalue weighted by Crippen LogP contribution is 2.20. The molecular formula is C14H29N3. The number of rotatable bonds is 3. The molecule has 2 atom stereocenters. The molecule has 1 rings (SSSR count). The lowest BCUT2D eigenvalue weighted by molar-refractivity contribution is 0.208. The lowest BCUT2D eigenvalue weighted by atomic mass is 9.92. The Hall–Kier alpha value is -0.730. The van der Waals surface area contributed by atoms with Crippen LogP contribution in [0.25, 0.3) is 0 Å². The first-order chi connectivity index (χ1) is 8.02. The summed E-state index contributed by atoms with van der Waals surface area (Å²) in [5.41, 5.74) is 0. The van der Waals surface area contributed by atoms with Gasteiger partial charge in [-0.3, -0.25) is 4.99 Å². The summed E-state index contributed by atoms with van der Waals surface area (Å²) in [6, 6.07) is 0. The summed E-state index contributed by atoms with van der Waals surface area (Å²) >= 11 is 0. The van der Waals surface area contributed by atoms with Crippen LogP contribution in [0.4, 0.5) is 0 Å². The van der Waals surface area contributed by atoms with Gasteiger partial charge in [0.1, 0.15) is 0 Å². The van der Waals surface area contributed by atoms with E-state index in [1.54, 1.807) is 0 Å². The highest BCUT2D eigenvalue weighted by Gasteiger charge is 2.23. The SMILES string of the molecule is CN=C(NCCC(C)C)N1CC(C)CC(C)C1. The van der Waals surface area contributed by atoms with Gasteiger partial charge < -0.3 is 10.2 Å². The van der Waals surface area contributed by atoms with Gasteiger partial charge >= 0.3 is 0 Å². The third-order valence-electron chi connectivity index (χ3n) is 3.38. The normalized spacial score (nSPS) is 26.5. The monoisotopic (exact) mass is 239 g/mol. The third kappa shape index (κ3) is 4.97. The molecule has 1 aliphatic heterocycles. The fourth-order valence-electron chi connectivity index (χ4n) is 2.64. The fraction of sp³-hybridized carbons (Fsp3) is 0.929. The van der Waals surface area contributed by atoms with Gasteiger partial charge in [0.2, 0.25) is 0 Å². The van der Waals surface area contributed by atoms with Gasteiger partial charge in [-0.2, -0.15) is 0 Å². The molecular weight excluding hydrogens is 210 g/mol. The largest absolute Gasteiger partial charge is 0.356 e. The molecule has 0 bridgehead atoms. The van der Waals surface area contributed by atoms with Gasteiger partial charge in [-0.25, -0.2) is 0 Å². The van der Waals surface area contributed by atoms with Crippen molar-refractivity contribution in [3.05, 3.63) is 0 Å². The Morgan fingerprint density at radius 1 is 1.29 bits per heavy atom. The van der Waals surface area contributed by atoms with Crippen LogP contribution in [-0.4, -0.2) is 37.5 Å². The van der Waals surface area contributed by atoms with Crippen LogP contribution in [0.1, 0.15) is 40.5 Å². The van der Waals surface area contributed by atoms with E-state index in [1.165, 1.54) is 12.8 Å². The molecule has 2 unspecified atom stereocenters. The van der Waals surface area contributed by atoms with Crippen LogP contribution in [0.15, 0.2) is 4.99 Å². The van der Waals surface area contributed by atoms with Crippen molar-refractivity contribution in [2.75, 3.05) is 26.7 Å². The molecule has 0 aromatic rings. The summed E-state index contributed by atoms with van der Waals surface area (Å²) in [5.74, 6) is 3.40. The van der Waals surface area contributed by atoms with Gasteiger partial charge in [0.25, 0.3) is 0 Å². The minimum atomic E-state index is 0.750. The van der Waals surface area contributed by atoms with Gasteiger partial charge in [0, 0.05) is 26.7 Å². The van der Waals surface area contributed by atoms with E-state index in [4.69, 9.17) is 0 Å². The fourth-order valence-corrected chi connectivity index (χ4v) is 2.64. The van der Waals surface area contributed by atoms with Crippen molar-refractivity contribution in [1.29, 1.82) is 0 Å². The Kier molecular flexibility index (Phi) is 5.79. The number of nitrogens with zero attached hydrogens (tertiary/aromatic N) is 2. The van der Waals surface area contributed by atoms with E-state index in [1.807, 2.05) is 7.05 Å². The molecule has 3 heteroatoms. The zero-order chi connectivity index (χ0) is 12.8. The van der Waals surface area contributed by atoms with Gasteiger partial charge in [-0.15, -0.1) is 0 Å². The van der Waals surface area contributed by atoms with Crippen molar-refractivity contribution in [1.82, 2.24) is 10.2 Å². The first-order valence-electron chi connectivity index (χ1n) is 6.98. The van der Waals surface area contributed by atoms with Crippen LogP contribution >= 0.6 is 0 Å². The Morgan fingerprint density at radius 3 is 2.35 bits per heavy atom. The van der Waals surface area contributed by atoms with Crippen molar-refractivity contribution in [2.45, 2.75) is 40.5 Å². The number of nitrogens with one attached hydrogen (secondary N) is 1. The average Bonchev–Trinajstić information content (AvgIpc) is 2.22. The molecule has 1 aliphatic rings. The second kappa shape index (κ2) is 6.87. The van der Waals surface area contributed by atoms with Crippen molar-refractivity contribution in [3.63, 3.8) is 0 Å². The molecule has 0 spiro atoms. The first-order valence-corrected chi connectivity index (χ1v) is 6.98. The number of hydrogen-bond donors (Lipinski definition) is 1. The van der Waals surface area contributed by atoms with Crippen LogP contribution in [0.5, 0.6) is 0 Å². The highest BCUT2D eigenvalue weighted by atomic mass is 15.3. The maximum absolute atomic E-state index is 4.41. The van der Waals surface area contributed by atoms with E-state index in [9.17, 15) is 0 Å². The van der Waals surface area contributed by atoms with Crippen LogP contribution in [0, 0.1) is 17.8 Å². The number of piperidine rings is 1. The topological polar surface area (TPSA) is 27.6 Å².